The van der Waals surface area contributed by atoms with Gasteiger partial charge in [-0.3, -0.25) is 4.79 Å². The molecule has 0 heterocycles. The number of carbonyl (C=O) groups is 1. The van der Waals surface area contributed by atoms with Gasteiger partial charge in [-0.25, -0.2) is 4.79 Å². The van der Waals surface area contributed by atoms with Crippen molar-refractivity contribution in [3.05, 3.63) is 6.08 Å². The molecule has 0 aromatic carbocycles. The van der Waals surface area contributed by atoms with Gasteiger partial charge in [-0.1, -0.05) is 64.2 Å². The van der Waals surface area contributed by atoms with Crippen molar-refractivity contribution in [2.45, 2.75) is 89.9 Å². The lowest BCUT2D eigenvalue weighted by atomic mass is 10.0. The Balaban J connectivity index is 2.99. The van der Waals surface area contributed by atoms with Crippen LogP contribution in [0.4, 0.5) is 0 Å². The first-order valence-electron chi connectivity index (χ1n) is 8.18. The normalized spacial score (nSPS) is 10.2. The van der Waals surface area contributed by atoms with Crippen LogP contribution in [-0.4, -0.2) is 17.0 Å². The molecule has 0 aliphatic heterocycles. The Morgan fingerprint density at radius 1 is 0.750 bits per heavy atom. The second-order valence-corrected chi connectivity index (χ2v) is 5.50. The molecule has 0 aliphatic rings. The Kier molecular flexibility index (Phi) is 15.1. The molecule has 0 saturated heterocycles. The fourth-order valence-electron chi connectivity index (χ4n) is 2.35. The maximum atomic E-state index is 10.3. The summed E-state index contributed by atoms with van der Waals surface area (Å²) in [5.41, 5.74) is 0. The van der Waals surface area contributed by atoms with Crippen LogP contribution < -0.4 is 0 Å². The van der Waals surface area contributed by atoms with Gasteiger partial charge in [0, 0.05) is 6.42 Å². The molecule has 0 atom stereocenters. The SMILES string of the molecule is O=C=CCCCCCCCCCCCCCCC(=O)O. The van der Waals surface area contributed by atoms with E-state index in [0.717, 1.165) is 25.7 Å². The number of hydrogen-bond donors (Lipinski definition) is 1. The molecule has 0 spiro atoms. The largest absolute Gasteiger partial charge is 0.481 e. The predicted molar refractivity (Wildman–Crippen MR) is 82.5 cm³/mol. The highest BCUT2D eigenvalue weighted by molar-refractivity contribution is 5.66. The van der Waals surface area contributed by atoms with Gasteiger partial charge in [-0.2, -0.15) is 0 Å². The van der Waals surface area contributed by atoms with Crippen molar-refractivity contribution in [1.82, 2.24) is 0 Å². The van der Waals surface area contributed by atoms with Crippen molar-refractivity contribution in [3.8, 4) is 0 Å². The summed E-state index contributed by atoms with van der Waals surface area (Å²) >= 11 is 0. The van der Waals surface area contributed by atoms with Gasteiger partial charge in [0.25, 0.3) is 0 Å². The monoisotopic (exact) mass is 282 g/mol. The number of hydrogen-bond acceptors (Lipinski definition) is 2. The van der Waals surface area contributed by atoms with E-state index < -0.39 is 5.97 Å². The summed E-state index contributed by atoms with van der Waals surface area (Å²) in [5.74, 6) is 1.14. The van der Waals surface area contributed by atoms with E-state index >= 15 is 0 Å². The van der Waals surface area contributed by atoms with Crippen LogP contribution in [0.25, 0.3) is 0 Å². The standard InChI is InChI=1S/C17H30O3/c18-16-14-12-10-8-6-4-2-1-3-5-7-9-11-13-15-17(19)20/h14H,1-13,15H2,(H,19,20). The zero-order chi connectivity index (χ0) is 14.9. The molecule has 0 amide bonds. The number of carboxylic acids is 1. The Morgan fingerprint density at radius 3 is 1.55 bits per heavy atom. The Labute approximate surface area is 123 Å². The zero-order valence-electron chi connectivity index (χ0n) is 12.7. The quantitative estimate of drug-likeness (QED) is 0.342. The van der Waals surface area contributed by atoms with Gasteiger partial charge in [0.1, 0.15) is 5.94 Å². The van der Waals surface area contributed by atoms with Gasteiger partial charge in [0.15, 0.2) is 0 Å². The number of carbonyl (C=O) groups excluding carboxylic acids is 1. The lowest BCUT2D eigenvalue weighted by molar-refractivity contribution is -0.137. The van der Waals surface area contributed by atoms with E-state index in [1.807, 2.05) is 5.94 Å². The predicted octanol–water partition coefficient (Wildman–Crippen LogP) is 4.92. The molecule has 3 nitrogen and oxygen atoms in total. The van der Waals surface area contributed by atoms with E-state index in [9.17, 15) is 9.59 Å². The second-order valence-electron chi connectivity index (χ2n) is 5.50. The van der Waals surface area contributed by atoms with Gasteiger partial charge >= 0.3 is 5.97 Å². The topological polar surface area (TPSA) is 54.4 Å². The average Bonchev–Trinajstić information content (AvgIpc) is 2.43. The van der Waals surface area contributed by atoms with Crippen molar-refractivity contribution in [2.24, 2.45) is 0 Å². The van der Waals surface area contributed by atoms with E-state index in [0.29, 0.717) is 6.42 Å². The van der Waals surface area contributed by atoms with Crippen LogP contribution in [0.5, 0.6) is 0 Å². The molecule has 0 radical (unpaired) electrons. The number of carboxylic acid groups (broad SMARTS) is 1. The van der Waals surface area contributed by atoms with E-state index in [2.05, 4.69) is 0 Å². The van der Waals surface area contributed by atoms with Crippen molar-refractivity contribution in [2.75, 3.05) is 0 Å². The third kappa shape index (κ3) is 16.9. The van der Waals surface area contributed by atoms with Gasteiger partial charge in [-0.05, 0) is 25.3 Å². The van der Waals surface area contributed by atoms with Gasteiger partial charge in [0.05, 0.1) is 0 Å². The van der Waals surface area contributed by atoms with E-state index in [1.165, 1.54) is 57.8 Å². The highest BCUT2D eigenvalue weighted by Crippen LogP contribution is 2.12. The van der Waals surface area contributed by atoms with Gasteiger partial charge in [0.2, 0.25) is 0 Å². The van der Waals surface area contributed by atoms with Crippen LogP contribution in [0.15, 0.2) is 6.08 Å². The van der Waals surface area contributed by atoms with Crippen molar-refractivity contribution in [1.29, 1.82) is 0 Å². The number of rotatable bonds is 15. The first kappa shape index (κ1) is 18.9. The Morgan fingerprint density at radius 2 is 1.15 bits per heavy atom. The van der Waals surface area contributed by atoms with Crippen LogP contribution in [-0.2, 0) is 9.59 Å². The molecule has 3 heteroatoms. The molecule has 116 valence electrons. The van der Waals surface area contributed by atoms with Crippen molar-refractivity contribution < 1.29 is 14.7 Å². The fraction of sp³-hybridized carbons (Fsp3) is 0.824. The summed E-state index contributed by atoms with van der Waals surface area (Å²) < 4.78 is 0. The first-order chi connectivity index (χ1) is 9.77. The van der Waals surface area contributed by atoms with E-state index in [1.54, 1.807) is 6.08 Å². The minimum absolute atomic E-state index is 0.322. The van der Waals surface area contributed by atoms with Crippen LogP contribution in [0.2, 0.25) is 0 Å². The van der Waals surface area contributed by atoms with Gasteiger partial charge in [-0.15, -0.1) is 0 Å². The zero-order valence-corrected chi connectivity index (χ0v) is 12.7. The Bertz CT molecular complexity index is 253. The molecule has 0 fully saturated rings. The number of allylic oxidation sites excluding steroid dienone is 1. The summed E-state index contributed by atoms with van der Waals surface area (Å²) in [4.78, 5) is 20.3. The molecule has 20 heavy (non-hydrogen) atoms. The van der Waals surface area contributed by atoms with Crippen LogP contribution in [0.3, 0.4) is 0 Å². The first-order valence-corrected chi connectivity index (χ1v) is 8.18. The molecular formula is C17H30O3. The van der Waals surface area contributed by atoms with Crippen LogP contribution in [0.1, 0.15) is 89.9 Å². The van der Waals surface area contributed by atoms with E-state index in [4.69, 9.17) is 5.11 Å². The molecule has 0 rings (SSSR count). The minimum atomic E-state index is -0.674. The third-order valence-corrected chi connectivity index (χ3v) is 3.57. The fourth-order valence-corrected chi connectivity index (χ4v) is 2.35. The number of aliphatic carboxylic acids is 1. The summed E-state index contributed by atoms with van der Waals surface area (Å²) in [6.07, 6.45) is 17.3. The molecule has 0 bridgehead atoms. The maximum Gasteiger partial charge on any atom is 0.303 e. The highest BCUT2D eigenvalue weighted by atomic mass is 16.4. The summed E-state index contributed by atoms with van der Waals surface area (Å²) in [6, 6.07) is 0. The van der Waals surface area contributed by atoms with E-state index in [-0.39, 0.29) is 0 Å². The minimum Gasteiger partial charge on any atom is -0.481 e. The maximum absolute atomic E-state index is 10.3. The third-order valence-electron chi connectivity index (χ3n) is 3.57. The summed E-state index contributed by atoms with van der Waals surface area (Å²) in [5, 5.41) is 8.50. The summed E-state index contributed by atoms with van der Waals surface area (Å²) in [7, 11) is 0. The number of unbranched alkanes of at least 4 members (excludes halogenated alkanes) is 12. The highest BCUT2D eigenvalue weighted by Gasteiger charge is 1.96. The molecule has 1 N–H and O–H groups in total. The van der Waals surface area contributed by atoms with Crippen molar-refractivity contribution >= 4 is 11.9 Å². The van der Waals surface area contributed by atoms with Crippen LogP contribution in [0, 0.1) is 0 Å². The molecule has 0 aliphatic carbocycles. The van der Waals surface area contributed by atoms with Gasteiger partial charge < -0.3 is 5.11 Å². The summed E-state index contributed by atoms with van der Waals surface area (Å²) in [6.45, 7) is 0. The van der Waals surface area contributed by atoms with Crippen LogP contribution >= 0.6 is 0 Å². The lowest BCUT2D eigenvalue weighted by Crippen LogP contribution is -1.93. The Hall–Kier alpha value is -1.08. The molecule has 0 saturated carbocycles. The molecular weight excluding hydrogens is 252 g/mol. The smallest absolute Gasteiger partial charge is 0.303 e. The molecule has 0 aromatic heterocycles. The molecule has 0 unspecified atom stereocenters. The second kappa shape index (κ2) is 16.0. The van der Waals surface area contributed by atoms with Crippen molar-refractivity contribution in [3.63, 3.8) is 0 Å². The average molecular weight is 282 g/mol. The lowest BCUT2D eigenvalue weighted by Gasteiger charge is -2.02. The molecule has 0 aromatic rings.